The van der Waals surface area contributed by atoms with E-state index in [1.165, 1.54) is 18.2 Å². The molecule has 0 heterocycles. The summed E-state index contributed by atoms with van der Waals surface area (Å²) >= 11 is 0. The molecule has 1 aromatic carbocycles. The van der Waals surface area contributed by atoms with Crippen LogP contribution in [-0.2, 0) is 11.3 Å². The smallest absolute Gasteiger partial charge is 0.387 e. The van der Waals surface area contributed by atoms with E-state index < -0.39 is 12.4 Å². The Hall–Kier alpha value is -1.96. The average molecular weight is 319 g/mol. The number of rotatable bonds is 7. The normalized spacial score (nSPS) is 13.1. The van der Waals surface area contributed by atoms with Crippen LogP contribution in [0.2, 0.25) is 0 Å². The Morgan fingerprint density at radius 3 is 2.68 bits per heavy atom. The fourth-order valence-corrected chi connectivity index (χ4v) is 1.81. The van der Waals surface area contributed by atoms with E-state index in [4.69, 9.17) is 4.74 Å². The number of hydrogen-bond donors (Lipinski definition) is 2. The summed E-state index contributed by atoms with van der Waals surface area (Å²) in [6.45, 7) is -0.723. The number of alkyl halides is 2. The summed E-state index contributed by atoms with van der Waals surface area (Å²) < 4.78 is 47.8. The number of halogens is 3. The first-order chi connectivity index (χ1) is 10.5. The molecule has 0 bridgehead atoms. The molecule has 1 aromatic rings. The zero-order valence-electron chi connectivity index (χ0n) is 12.7. The average Bonchev–Trinajstić information content (AvgIpc) is 2.45. The van der Waals surface area contributed by atoms with E-state index in [1.54, 1.807) is 14.2 Å². The molecule has 0 aromatic heterocycles. The van der Waals surface area contributed by atoms with Gasteiger partial charge in [-0.25, -0.2) is 4.39 Å². The molecule has 0 saturated heterocycles. The predicted molar refractivity (Wildman–Crippen MR) is 77.7 cm³/mol. The highest BCUT2D eigenvalue weighted by Crippen LogP contribution is 2.23. The first-order valence-electron chi connectivity index (χ1n) is 6.66. The zero-order valence-corrected chi connectivity index (χ0v) is 12.7. The van der Waals surface area contributed by atoms with E-state index in [-0.39, 0.29) is 23.9 Å². The van der Waals surface area contributed by atoms with Crippen molar-refractivity contribution in [1.82, 2.24) is 10.6 Å². The molecule has 0 amide bonds. The van der Waals surface area contributed by atoms with Crippen LogP contribution in [0.4, 0.5) is 13.2 Å². The highest BCUT2D eigenvalue weighted by atomic mass is 19.3. The molecule has 0 fully saturated rings. The molecule has 1 unspecified atom stereocenters. The summed E-state index contributed by atoms with van der Waals surface area (Å²) in [5.41, 5.74) is 0.00476. The molecule has 124 valence electrons. The largest absolute Gasteiger partial charge is 0.434 e. The third-order valence-electron chi connectivity index (χ3n) is 2.75. The molecular formula is C14H20F3N3O2. The van der Waals surface area contributed by atoms with Gasteiger partial charge in [-0.3, -0.25) is 4.99 Å². The van der Waals surface area contributed by atoms with Gasteiger partial charge in [-0.05, 0) is 19.1 Å². The number of aliphatic imine (C=N–C) groups is 1. The lowest BCUT2D eigenvalue weighted by atomic mass is 10.2. The number of hydrogen-bond acceptors (Lipinski definition) is 3. The number of ether oxygens (including phenoxy) is 2. The number of nitrogens with zero attached hydrogens (tertiary/aromatic N) is 1. The lowest BCUT2D eigenvalue weighted by Gasteiger charge is -2.18. The molecule has 1 rings (SSSR count). The molecule has 5 nitrogen and oxygen atoms in total. The van der Waals surface area contributed by atoms with Gasteiger partial charge in [-0.15, -0.1) is 0 Å². The van der Waals surface area contributed by atoms with Crippen molar-refractivity contribution in [2.75, 3.05) is 20.8 Å². The van der Waals surface area contributed by atoms with Crippen LogP contribution in [0.1, 0.15) is 12.5 Å². The minimum Gasteiger partial charge on any atom is -0.434 e. The van der Waals surface area contributed by atoms with E-state index in [1.807, 2.05) is 6.92 Å². The Labute approximate surface area is 127 Å². The number of guanidine groups is 1. The first kappa shape index (κ1) is 18.1. The van der Waals surface area contributed by atoms with Crippen molar-refractivity contribution in [3.8, 4) is 5.75 Å². The lowest BCUT2D eigenvalue weighted by molar-refractivity contribution is -0.0506. The Balaban J connectivity index is 2.73. The molecule has 8 heteroatoms. The Kier molecular flexibility index (Phi) is 7.51. The van der Waals surface area contributed by atoms with Gasteiger partial charge in [0.2, 0.25) is 0 Å². The monoisotopic (exact) mass is 319 g/mol. The van der Waals surface area contributed by atoms with Crippen LogP contribution in [0, 0.1) is 5.82 Å². The minimum absolute atomic E-state index is 0.00476. The number of benzene rings is 1. The number of nitrogens with one attached hydrogen (secondary N) is 2. The van der Waals surface area contributed by atoms with Crippen molar-refractivity contribution in [1.29, 1.82) is 0 Å². The topological polar surface area (TPSA) is 54.9 Å². The molecule has 0 aliphatic carbocycles. The molecule has 0 spiro atoms. The summed E-state index contributed by atoms with van der Waals surface area (Å²) in [6, 6.07) is 3.76. The van der Waals surface area contributed by atoms with Crippen molar-refractivity contribution in [2.45, 2.75) is 26.1 Å². The van der Waals surface area contributed by atoms with Crippen molar-refractivity contribution in [2.24, 2.45) is 4.99 Å². The zero-order chi connectivity index (χ0) is 16.5. The second kappa shape index (κ2) is 9.14. The van der Waals surface area contributed by atoms with Crippen LogP contribution >= 0.6 is 0 Å². The van der Waals surface area contributed by atoms with Gasteiger partial charge in [0.15, 0.2) is 5.96 Å². The van der Waals surface area contributed by atoms with Gasteiger partial charge in [0.1, 0.15) is 11.6 Å². The standard InChI is InChI=1S/C14H20F3N3O2/c1-9(8-21-3)20-14(18-2)19-7-10-11(15)5-4-6-12(10)22-13(16)17/h4-6,9,13H,7-8H2,1-3H3,(H2,18,19,20). The van der Waals surface area contributed by atoms with Crippen molar-refractivity contribution >= 4 is 5.96 Å². The van der Waals surface area contributed by atoms with E-state index in [0.717, 1.165) is 0 Å². The molecule has 2 N–H and O–H groups in total. The molecule has 0 saturated carbocycles. The predicted octanol–water partition coefficient (Wildman–Crippen LogP) is 2.13. The molecule has 0 aliphatic heterocycles. The maximum absolute atomic E-state index is 13.8. The quantitative estimate of drug-likeness (QED) is 0.597. The molecule has 0 radical (unpaired) electrons. The Morgan fingerprint density at radius 1 is 1.36 bits per heavy atom. The summed E-state index contributed by atoms with van der Waals surface area (Å²) in [5.74, 6) is -0.440. The molecule has 1 atom stereocenters. The lowest BCUT2D eigenvalue weighted by Crippen LogP contribution is -2.43. The summed E-state index contributed by atoms with van der Waals surface area (Å²) in [7, 11) is 3.12. The second-order valence-electron chi connectivity index (χ2n) is 4.52. The third-order valence-corrected chi connectivity index (χ3v) is 2.75. The number of methoxy groups -OCH3 is 1. The van der Waals surface area contributed by atoms with E-state index in [9.17, 15) is 13.2 Å². The van der Waals surface area contributed by atoms with Crippen LogP contribution in [0.25, 0.3) is 0 Å². The SMILES string of the molecule is CN=C(NCc1c(F)cccc1OC(F)F)NC(C)COC. The molecule has 22 heavy (non-hydrogen) atoms. The van der Waals surface area contributed by atoms with Gasteiger partial charge in [0.05, 0.1) is 6.61 Å². The van der Waals surface area contributed by atoms with Gasteiger partial charge < -0.3 is 20.1 Å². The summed E-state index contributed by atoms with van der Waals surface area (Å²) in [6.07, 6.45) is 0. The van der Waals surface area contributed by atoms with Crippen LogP contribution in [0.3, 0.4) is 0 Å². The Morgan fingerprint density at radius 2 is 2.09 bits per heavy atom. The van der Waals surface area contributed by atoms with Gasteiger partial charge in [0.25, 0.3) is 0 Å². The third kappa shape index (κ3) is 5.80. The van der Waals surface area contributed by atoms with Crippen LogP contribution in [0.15, 0.2) is 23.2 Å². The van der Waals surface area contributed by atoms with Gasteiger partial charge in [-0.1, -0.05) is 6.07 Å². The van der Waals surface area contributed by atoms with Crippen molar-refractivity contribution < 1.29 is 22.6 Å². The van der Waals surface area contributed by atoms with Crippen molar-refractivity contribution in [3.05, 3.63) is 29.6 Å². The maximum atomic E-state index is 13.8. The van der Waals surface area contributed by atoms with Gasteiger partial charge in [-0.2, -0.15) is 8.78 Å². The van der Waals surface area contributed by atoms with Gasteiger partial charge >= 0.3 is 6.61 Å². The van der Waals surface area contributed by atoms with Gasteiger partial charge in [0, 0.05) is 32.3 Å². The van der Waals surface area contributed by atoms with E-state index >= 15 is 0 Å². The Bertz CT molecular complexity index is 498. The summed E-state index contributed by atoms with van der Waals surface area (Å²) in [4.78, 5) is 3.97. The maximum Gasteiger partial charge on any atom is 0.387 e. The summed E-state index contributed by atoms with van der Waals surface area (Å²) in [5, 5.41) is 5.87. The first-order valence-corrected chi connectivity index (χ1v) is 6.66. The van der Waals surface area contributed by atoms with Crippen LogP contribution in [-0.4, -0.2) is 39.4 Å². The molecular weight excluding hydrogens is 299 g/mol. The fraction of sp³-hybridized carbons (Fsp3) is 0.500. The molecule has 0 aliphatic rings. The van der Waals surface area contributed by atoms with Crippen molar-refractivity contribution in [3.63, 3.8) is 0 Å². The van der Waals surface area contributed by atoms with E-state index in [0.29, 0.717) is 12.6 Å². The van der Waals surface area contributed by atoms with E-state index in [2.05, 4.69) is 20.4 Å². The highest BCUT2D eigenvalue weighted by Gasteiger charge is 2.14. The highest BCUT2D eigenvalue weighted by molar-refractivity contribution is 5.80. The van der Waals surface area contributed by atoms with Crippen LogP contribution < -0.4 is 15.4 Å². The minimum atomic E-state index is -3.01. The second-order valence-corrected chi connectivity index (χ2v) is 4.52. The fourth-order valence-electron chi connectivity index (χ4n) is 1.81. The van der Waals surface area contributed by atoms with Crippen LogP contribution in [0.5, 0.6) is 5.75 Å².